The molecular formula is C19H24FN5O2. The molecule has 0 saturated heterocycles. The predicted molar refractivity (Wildman–Crippen MR) is 104 cm³/mol. The van der Waals surface area contributed by atoms with E-state index in [2.05, 4.69) is 22.2 Å². The fourth-order valence-corrected chi connectivity index (χ4v) is 3.05. The van der Waals surface area contributed by atoms with Crippen LogP contribution in [0.25, 0.3) is 11.2 Å². The molecule has 3 aromatic rings. The van der Waals surface area contributed by atoms with Crippen LogP contribution < -0.4 is 16.6 Å². The third-order valence-corrected chi connectivity index (χ3v) is 4.57. The van der Waals surface area contributed by atoms with Crippen molar-refractivity contribution >= 4 is 17.1 Å². The number of hydrogen-bond donors (Lipinski definition) is 2. The molecule has 3 rings (SSSR count). The Balaban J connectivity index is 2.00. The number of hydrogen-bond acceptors (Lipinski definition) is 4. The average Bonchev–Trinajstić information content (AvgIpc) is 3.00. The number of H-pyrrole nitrogens is 1. The number of aromatic amines is 1. The Morgan fingerprint density at radius 2 is 1.89 bits per heavy atom. The number of aryl methyl sites for hydroxylation is 1. The van der Waals surface area contributed by atoms with Crippen LogP contribution in [0.15, 0.2) is 33.9 Å². The average molecular weight is 373 g/mol. The summed E-state index contributed by atoms with van der Waals surface area (Å²) in [5.41, 5.74) is 0.479. The first-order chi connectivity index (χ1) is 13.0. The third-order valence-electron chi connectivity index (χ3n) is 4.57. The number of anilines is 1. The molecule has 8 heteroatoms. The minimum Gasteiger partial charge on any atom is -0.356 e. The molecule has 27 heavy (non-hydrogen) atoms. The van der Waals surface area contributed by atoms with E-state index in [4.69, 9.17) is 0 Å². The van der Waals surface area contributed by atoms with E-state index in [-0.39, 0.29) is 5.82 Å². The third kappa shape index (κ3) is 4.10. The van der Waals surface area contributed by atoms with Crippen LogP contribution >= 0.6 is 0 Å². The number of benzene rings is 1. The van der Waals surface area contributed by atoms with Crippen molar-refractivity contribution in [2.24, 2.45) is 7.05 Å². The number of halogens is 1. The molecular weight excluding hydrogens is 349 g/mol. The Morgan fingerprint density at radius 3 is 2.59 bits per heavy atom. The molecule has 0 fully saturated rings. The van der Waals surface area contributed by atoms with Crippen molar-refractivity contribution in [1.82, 2.24) is 19.1 Å². The Hall–Kier alpha value is -2.90. The molecule has 0 aliphatic carbocycles. The van der Waals surface area contributed by atoms with Gasteiger partial charge in [0.1, 0.15) is 5.82 Å². The molecule has 0 unspecified atom stereocenters. The number of unbranched alkanes of at least 4 members (excludes halogenated alkanes) is 3. The first-order valence-corrected chi connectivity index (χ1v) is 9.19. The van der Waals surface area contributed by atoms with Gasteiger partial charge in [-0.05, 0) is 24.1 Å². The highest BCUT2D eigenvalue weighted by molar-refractivity contribution is 5.74. The largest absolute Gasteiger partial charge is 0.356 e. The Kier molecular flexibility index (Phi) is 5.73. The summed E-state index contributed by atoms with van der Waals surface area (Å²) in [5.74, 6) is 0.210. The standard InChI is InChI=1S/C19H24FN5O2/c1-3-4-5-6-11-21-18-22-16-15(17(26)23-19(27)24(16)2)25(18)12-13-7-9-14(20)10-8-13/h7-10H,3-6,11-12H2,1-2H3,(H,21,22)(H,23,26,27). The Bertz CT molecular complexity index is 1030. The predicted octanol–water partition coefficient (Wildman–Crippen LogP) is 2.60. The molecule has 0 aliphatic rings. The highest BCUT2D eigenvalue weighted by atomic mass is 19.1. The number of nitrogens with zero attached hydrogens (tertiary/aromatic N) is 3. The molecule has 0 atom stereocenters. The maximum Gasteiger partial charge on any atom is 0.329 e. The van der Waals surface area contributed by atoms with E-state index in [1.54, 1.807) is 23.7 Å². The number of aromatic nitrogens is 4. The number of imidazole rings is 1. The minimum atomic E-state index is -0.506. The van der Waals surface area contributed by atoms with Crippen LogP contribution in [-0.2, 0) is 13.6 Å². The van der Waals surface area contributed by atoms with Crippen molar-refractivity contribution < 1.29 is 4.39 Å². The Labute approximate surface area is 155 Å². The first kappa shape index (κ1) is 18.9. The van der Waals surface area contributed by atoms with E-state index in [1.807, 2.05) is 0 Å². The maximum absolute atomic E-state index is 13.2. The van der Waals surface area contributed by atoms with Crippen LogP contribution in [0.4, 0.5) is 10.3 Å². The highest BCUT2D eigenvalue weighted by Crippen LogP contribution is 2.18. The van der Waals surface area contributed by atoms with Gasteiger partial charge in [0, 0.05) is 13.6 Å². The lowest BCUT2D eigenvalue weighted by Gasteiger charge is -2.10. The van der Waals surface area contributed by atoms with Crippen LogP contribution in [-0.4, -0.2) is 25.6 Å². The number of nitrogens with one attached hydrogen (secondary N) is 2. The van der Waals surface area contributed by atoms with Gasteiger partial charge in [-0.1, -0.05) is 38.3 Å². The summed E-state index contributed by atoms with van der Waals surface area (Å²) in [6.07, 6.45) is 4.42. The quantitative estimate of drug-likeness (QED) is 0.595. The molecule has 2 aromatic heterocycles. The second kappa shape index (κ2) is 8.20. The van der Waals surface area contributed by atoms with Crippen LogP contribution in [0, 0.1) is 5.82 Å². The van der Waals surface area contributed by atoms with E-state index >= 15 is 0 Å². The summed E-state index contributed by atoms with van der Waals surface area (Å²) in [4.78, 5) is 31.1. The molecule has 0 radical (unpaired) electrons. The lowest BCUT2D eigenvalue weighted by Crippen LogP contribution is -2.29. The van der Waals surface area contributed by atoms with Gasteiger partial charge in [0.2, 0.25) is 5.95 Å². The lowest BCUT2D eigenvalue weighted by atomic mass is 10.2. The fraction of sp³-hybridized carbons (Fsp3) is 0.421. The van der Waals surface area contributed by atoms with Gasteiger partial charge in [-0.2, -0.15) is 4.98 Å². The van der Waals surface area contributed by atoms with E-state index in [0.717, 1.165) is 31.4 Å². The van der Waals surface area contributed by atoms with Crippen molar-refractivity contribution in [2.75, 3.05) is 11.9 Å². The van der Waals surface area contributed by atoms with Gasteiger partial charge in [-0.25, -0.2) is 9.18 Å². The van der Waals surface area contributed by atoms with Gasteiger partial charge < -0.3 is 5.32 Å². The van der Waals surface area contributed by atoms with E-state index in [1.165, 1.54) is 23.1 Å². The molecule has 0 aliphatic heterocycles. The molecule has 7 nitrogen and oxygen atoms in total. The summed E-state index contributed by atoms with van der Waals surface area (Å²) in [6.45, 7) is 3.22. The van der Waals surface area contributed by atoms with Crippen molar-refractivity contribution in [3.63, 3.8) is 0 Å². The van der Waals surface area contributed by atoms with Crippen molar-refractivity contribution in [3.8, 4) is 0 Å². The van der Waals surface area contributed by atoms with Gasteiger partial charge >= 0.3 is 5.69 Å². The second-order valence-corrected chi connectivity index (χ2v) is 6.63. The number of fused-ring (bicyclic) bond motifs is 1. The monoisotopic (exact) mass is 373 g/mol. The van der Waals surface area contributed by atoms with Crippen molar-refractivity contribution in [2.45, 2.75) is 39.2 Å². The van der Waals surface area contributed by atoms with Crippen molar-refractivity contribution in [3.05, 3.63) is 56.5 Å². The second-order valence-electron chi connectivity index (χ2n) is 6.63. The summed E-state index contributed by atoms with van der Waals surface area (Å²) in [7, 11) is 1.57. The van der Waals surface area contributed by atoms with E-state index in [9.17, 15) is 14.0 Å². The fourth-order valence-electron chi connectivity index (χ4n) is 3.05. The summed E-state index contributed by atoms with van der Waals surface area (Å²) in [5, 5.41) is 3.28. The summed E-state index contributed by atoms with van der Waals surface area (Å²) < 4.78 is 16.3. The maximum atomic E-state index is 13.2. The van der Waals surface area contributed by atoms with Gasteiger partial charge in [0.05, 0.1) is 6.54 Å². The van der Waals surface area contributed by atoms with E-state index < -0.39 is 11.2 Å². The van der Waals surface area contributed by atoms with E-state index in [0.29, 0.717) is 23.7 Å². The smallest absolute Gasteiger partial charge is 0.329 e. The van der Waals surface area contributed by atoms with Gasteiger partial charge in [-0.15, -0.1) is 0 Å². The molecule has 0 bridgehead atoms. The summed E-state index contributed by atoms with van der Waals surface area (Å²) in [6, 6.07) is 6.10. The molecule has 0 amide bonds. The highest BCUT2D eigenvalue weighted by Gasteiger charge is 2.17. The Morgan fingerprint density at radius 1 is 1.15 bits per heavy atom. The van der Waals surface area contributed by atoms with Gasteiger partial charge in [0.15, 0.2) is 11.2 Å². The molecule has 0 spiro atoms. The molecule has 2 N–H and O–H groups in total. The zero-order valence-corrected chi connectivity index (χ0v) is 15.6. The first-order valence-electron chi connectivity index (χ1n) is 9.19. The van der Waals surface area contributed by atoms with Crippen LogP contribution in [0.5, 0.6) is 0 Å². The number of rotatable bonds is 8. The van der Waals surface area contributed by atoms with Crippen molar-refractivity contribution in [1.29, 1.82) is 0 Å². The normalized spacial score (nSPS) is 11.2. The lowest BCUT2D eigenvalue weighted by molar-refractivity contribution is 0.626. The van der Waals surface area contributed by atoms with Gasteiger partial charge in [-0.3, -0.25) is 18.9 Å². The SMILES string of the molecule is CCCCCCNc1nc2c(c(=O)[nH]c(=O)n2C)n1Cc1ccc(F)cc1. The molecule has 0 saturated carbocycles. The topological polar surface area (TPSA) is 84.7 Å². The van der Waals surface area contributed by atoms with Gasteiger partial charge in [0.25, 0.3) is 5.56 Å². The minimum absolute atomic E-state index is 0.316. The van der Waals surface area contributed by atoms with Crippen LogP contribution in [0.2, 0.25) is 0 Å². The molecule has 2 heterocycles. The molecule has 1 aromatic carbocycles. The molecule has 144 valence electrons. The summed E-state index contributed by atoms with van der Waals surface area (Å²) >= 11 is 0. The van der Waals surface area contributed by atoms with Crippen LogP contribution in [0.3, 0.4) is 0 Å². The zero-order valence-electron chi connectivity index (χ0n) is 15.6. The van der Waals surface area contributed by atoms with Crippen LogP contribution in [0.1, 0.15) is 38.2 Å². The zero-order chi connectivity index (χ0) is 19.4.